The molecular formula is C11H6ClN11O2. The average Bonchev–Trinajstić information content (AvgIpc) is 3.31. The van der Waals surface area contributed by atoms with E-state index in [1.165, 1.54) is 12.1 Å². The lowest BCUT2D eigenvalue weighted by Crippen LogP contribution is -2.17. The largest absolute Gasteiger partial charge is 0.318 e. The van der Waals surface area contributed by atoms with Crippen molar-refractivity contribution in [1.82, 2.24) is 41.2 Å². The first-order chi connectivity index (χ1) is 12.1. The number of aromatic nitrogens is 8. The molecule has 0 aliphatic rings. The van der Waals surface area contributed by atoms with Crippen LogP contribution in [0.15, 0.2) is 12.1 Å². The summed E-state index contributed by atoms with van der Waals surface area (Å²) in [7, 11) is 0. The number of nitriles is 1. The van der Waals surface area contributed by atoms with Gasteiger partial charge in [0.2, 0.25) is 0 Å². The molecule has 2 aromatic heterocycles. The first-order valence-corrected chi connectivity index (χ1v) is 6.79. The van der Waals surface area contributed by atoms with E-state index in [-0.39, 0.29) is 33.6 Å². The molecule has 0 aliphatic heterocycles. The van der Waals surface area contributed by atoms with Crippen molar-refractivity contribution >= 4 is 34.8 Å². The second-order valence-corrected chi connectivity index (χ2v) is 4.75. The van der Waals surface area contributed by atoms with Crippen LogP contribution in [0.1, 0.15) is 26.8 Å². The minimum atomic E-state index is -0.707. The van der Waals surface area contributed by atoms with Gasteiger partial charge in [0.05, 0.1) is 28.0 Å². The topological polar surface area (TPSA) is 191 Å². The molecule has 0 saturated carbocycles. The monoisotopic (exact) mass is 359 g/mol. The zero-order valence-corrected chi connectivity index (χ0v) is 12.7. The summed E-state index contributed by atoms with van der Waals surface area (Å²) in [5, 5.41) is 38.8. The minimum Gasteiger partial charge on any atom is -0.318 e. The Morgan fingerprint density at radius 1 is 1.00 bits per heavy atom. The zero-order chi connectivity index (χ0) is 17.8. The maximum Gasteiger partial charge on any atom is 0.297 e. The van der Waals surface area contributed by atoms with Gasteiger partial charge in [0.1, 0.15) is 0 Å². The van der Waals surface area contributed by atoms with Crippen LogP contribution in [0.4, 0.5) is 11.4 Å². The normalized spacial score (nSPS) is 10.1. The molecular weight excluding hydrogens is 354 g/mol. The highest BCUT2D eigenvalue weighted by atomic mass is 35.5. The fraction of sp³-hybridized carbons (Fsp3) is 0. The third-order valence-corrected chi connectivity index (χ3v) is 3.20. The van der Waals surface area contributed by atoms with E-state index in [4.69, 9.17) is 16.9 Å². The van der Waals surface area contributed by atoms with Crippen LogP contribution in [0.3, 0.4) is 0 Å². The number of anilines is 2. The predicted octanol–water partition coefficient (Wildman–Crippen LogP) is -0.258. The Hall–Kier alpha value is -3.92. The van der Waals surface area contributed by atoms with E-state index in [1.54, 1.807) is 0 Å². The van der Waals surface area contributed by atoms with E-state index in [9.17, 15) is 9.59 Å². The number of rotatable bonds is 4. The zero-order valence-electron chi connectivity index (χ0n) is 12.0. The fourth-order valence-electron chi connectivity index (χ4n) is 1.74. The number of halogens is 1. The highest BCUT2D eigenvalue weighted by molar-refractivity contribution is 6.37. The van der Waals surface area contributed by atoms with Gasteiger partial charge in [0, 0.05) is 0 Å². The number of aromatic amines is 2. The second kappa shape index (κ2) is 6.68. The molecule has 1 aromatic carbocycles. The quantitative estimate of drug-likeness (QED) is 0.485. The third-order valence-electron chi connectivity index (χ3n) is 2.79. The Balaban J connectivity index is 1.90. The molecule has 3 aromatic rings. The van der Waals surface area contributed by atoms with Crippen molar-refractivity contribution in [3.8, 4) is 6.07 Å². The van der Waals surface area contributed by atoms with Crippen molar-refractivity contribution in [2.75, 3.05) is 10.6 Å². The molecule has 0 spiro atoms. The van der Waals surface area contributed by atoms with Crippen molar-refractivity contribution in [3.05, 3.63) is 34.4 Å². The van der Waals surface area contributed by atoms with Crippen LogP contribution in [-0.4, -0.2) is 53.1 Å². The summed E-state index contributed by atoms with van der Waals surface area (Å²) < 4.78 is 0. The number of carbonyl (C=O) groups excluding carboxylic acids is 2. The molecule has 13 nitrogen and oxygen atoms in total. The molecule has 2 heterocycles. The van der Waals surface area contributed by atoms with Crippen LogP contribution in [0, 0.1) is 11.3 Å². The molecule has 124 valence electrons. The van der Waals surface area contributed by atoms with Crippen LogP contribution < -0.4 is 10.6 Å². The van der Waals surface area contributed by atoms with Crippen molar-refractivity contribution in [3.63, 3.8) is 0 Å². The summed E-state index contributed by atoms with van der Waals surface area (Å²) in [5.74, 6) is -1.87. The van der Waals surface area contributed by atoms with Gasteiger partial charge < -0.3 is 10.6 Å². The number of nitrogens with zero attached hydrogens (tertiary/aromatic N) is 7. The molecule has 0 fully saturated rings. The first-order valence-electron chi connectivity index (χ1n) is 6.41. The van der Waals surface area contributed by atoms with E-state index >= 15 is 0 Å². The third kappa shape index (κ3) is 3.38. The number of tetrazole rings is 2. The van der Waals surface area contributed by atoms with Crippen LogP contribution in [0.2, 0.25) is 5.02 Å². The standard InChI is InChI=1S/C11H6ClN11O2/c12-7-5(14-10(24)8-16-20-21-17-8)1-4(3-13)2-6(7)15-11(25)9-18-22-23-19-9/h1-2H,(H,14,24)(H,15,25)(H,16,17,20,21)(H,18,19,22,23). The van der Waals surface area contributed by atoms with Gasteiger partial charge in [-0.25, -0.2) is 0 Å². The van der Waals surface area contributed by atoms with Gasteiger partial charge in [0.15, 0.2) is 0 Å². The van der Waals surface area contributed by atoms with Crippen molar-refractivity contribution < 1.29 is 9.59 Å². The molecule has 14 heteroatoms. The molecule has 2 amide bonds. The van der Waals surface area contributed by atoms with Gasteiger partial charge >= 0.3 is 0 Å². The molecule has 0 bridgehead atoms. The molecule has 0 unspecified atom stereocenters. The Kier molecular flexibility index (Phi) is 4.26. The van der Waals surface area contributed by atoms with Gasteiger partial charge in [-0.2, -0.15) is 15.7 Å². The summed E-state index contributed by atoms with van der Waals surface area (Å²) in [5.41, 5.74) is 0.272. The number of hydrogen-bond acceptors (Lipinski definition) is 9. The lowest BCUT2D eigenvalue weighted by Gasteiger charge is -2.11. The van der Waals surface area contributed by atoms with E-state index in [1.807, 2.05) is 6.07 Å². The number of nitrogens with one attached hydrogen (secondary N) is 4. The minimum absolute atomic E-state index is 0.0207. The van der Waals surface area contributed by atoms with E-state index in [2.05, 4.69) is 51.9 Å². The molecule has 4 N–H and O–H groups in total. The lowest BCUT2D eigenvalue weighted by molar-refractivity contribution is 0.101. The highest BCUT2D eigenvalue weighted by Crippen LogP contribution is 2.32. The van der Waals surface area contributed by atoms with Crippen LogP contribution in [-0.2, 0) is 0 Å². The molecule has 0 radical (unpaired) electrons. The van der Waals surface area contributed by atoms with E-state index in [0.717, 1.165) is 0 Å². The van der Waals surface area contributed by atoms with Gasteiger partial charge in [-0.15, -0.1) is 20.4 Å². The summed E-state index contributed by atoms with van der Waals surface area (Å²) in [6.45, 7) is 0. The maximum absolute atomic E-state index is 12.0. The summed E-state index contributed by atoms with van der Waals surface area (Å²) in [6, 6.07) is 4.54. The van der Waals surface area contributed by atoms with Gasteiger partial charge in [-0.05, 0) is 22.6 Å². The number of carbonyl (C=O) groups is 2. The predicted molar refractivity (Wildman–Crippen MR) is 80.4 cm³/mol. The molecule has 0 atom stereocenters. The number of benzene rings is 1. The van der Waals surface area contributed by atoms with E-state index < -0.39 is 11.8 Å². The van der Waals surface area contributed by atoms with Crippen LogP contribution in [0.5, 0.6) is 0 Å². The van der Waals surface area contributed by atoms with Crippen molar-refractivity contribution in [2.45, 2.75) is 0 Å². The molecule has 0 saturated heterocycles. The second-order valence-electron chi connectivity index (χ2n) is 4.38. The Morgan fingerprint density at radius 3 is 1.84 bits per heavy atom. The Bertz CT molecular complexity index is 891. The van der Waals surface area contributed by atoms with E-state index in [0.29, 0.717) is 0 Å². The van der Waals surface area contributed by atoms with Crippen LogP contribution in [0.25, 0.3) is 0 Å². The molecule has 25 heavy (non-hydrogen) atoms. The fourth-order valence-corrected chi connectivity index (χ4v) is 1.95. The van der Waals surface area contributed by atoms with Gasteiger partial charge in [0.25, 0.3) is 23.5 Å². The highest BCUT2D eigenvalue weighted by Gasteiger charge is 2.18. The molecule has 0 aliphatic carbocycles. The summed E-state index contributed by atoms with van der Waals surface area (Å²) in [4.78, 5) is 24.0. The first kappa shape index (κ1) is 16.0. The Labute approximate surface area is 142 Å². The number of amides is 2. The van der Waals surface area contributed by atoms with Gasteiger partial charge in [-0.1, -0.05) is 11.6 Å². The van der Waals surface area contributed by atoms with Crippen molar-refractivity contribution in [1.29, 1.82) is 5.26 Å². The smallest absolute Gasteiger partial charge is 0.297 e. The lowest BCUT2D eigenvalue weighted by atomic mass is 10.1. The maximum atomic E-state index is 12.0. The van der Waals surface area contributed by atoms with Crippen LogP contribution >= 0.6 is 11.6 Å². The SMILES string of the molecule is N#Cc1cc(NC(=O)c2nn[nH]n2)c(Cl)c(NC(=O)c2nn[nH]n2)c1. The van der Waals surface area contributed by atoms with Gasteiger partial charge in [-0.3, -0.25) is 9.59 Å². The molecule has 3 rings (SSSR count). The number of H-pyrrole nitrogens is 2. The average molecular weight is 360 g/mol. The summed E-state index contributed by atoms with van der Waals surface area (Å²) in [6.07, 6.45) is 0. The summed E-state index contributed by atoms with van der Waals surface area (Å²) >= 11 is 6.18. The number of hydrogen-bond donors (Lipinski definition) is 4. The Morgan fingerprint density at radius 2 is 1.48 bits per heavy atom. The van der Waals surface area contributed by atoms with Crippen molar-refractivity contribution in [2.24, 2.45) is 0 Å².